The molecule has 0 radical (unpaired) electrons. The molecule has 2 N–H and O–H groups in total. The van der Waals surface area contributed by atoms with Gasteiger partial charge in [-0.25, -0.2) is 4.79 Å². The third-order valence-electron chi connectivity index (χ3n) is 3.92. The number of anilines is 1. The van der Waals surface area contributed by atoms with Crippen LogP contribution in [0, 0.1) is 11.3 Å². The molecule has 1 aliphatic rings. The highest BCUT2D eigenvalue weighted by molar-refractivity contribution is 5.75. The topological polar surface area (TPSA) is 136 Å². The molecule has 10 nitrogen and oxygen atoms in total. The number of aromatic nitrogens is 1. The molecule has 2 aromatic heterocycles. The number of hydrogen-bond donors (Lipinski definition) is 2. The summed E-state index contributed by atoms with van der Waals surface area (Å²) in [6.07, 6.45) is 1.37. The molecule has 0 bridgehead atoms. The lowest BCUT2D eigenvalue weighted by Gasteiger charge is -2.34. The quantitative estimate of drug-likeness (QED) is 0.810. The first-order valence-electron chi connectivity index (χ1n) is 8.03. The van der Waals surface area contributed by atoms with Gasteiger partial charge in [-0.1, -0.05) is 0 Å². The second-order valence-corrected chi connectivity index (χ2v) is 5.61. The number of rotatable bonds is 5. The Labute approximate surface area is 148 Å². The van der Waals surface area contributed by atoms with E-state index in [2.05, 4.69) is 10.3 Å². The van der Waals surface area contributed by atoms with E-state index in [4.69, 9.17) is 13.9 Å². The van der Waals surface area contributed by atoms with Crippen LogP contribution in [-0.2, 0) is 4.79 Å². The van der Waals surface area contributed by atoms with E-state index in [1.807, 2.05) is 11.0 Å². The Kier molecular flexibility index (Phi) is 5.07. The predicted octanol–water partition coefficient (Wildman–Crippen LogP) is 1.11. The highest BCUT2D eigenvalue weighted by Gasteiger charge is 2.27. The lowest BCUT2D eigenvalue weighted by Crippen LogP contribution is -2.52. The summed E-state index contributed by atoms with van der Waals surface area (Å²) in [5, 5.41) is 20.5. The highest BCUT2D eigenvalue weighted by atomic mass is 16.4. The number of carbonyl (C=O) groups is 2. The number of piperazine rings is 1. The molecular formula is C16H17N5O5. The van der Waals surface area contributed by atoms with Gasteiger partial charge in [0, 0.05) is 32.7 Å². The van der Waals surface area contributed by atoms with E-state index in [-0.39, 0.29) is 30.6 Å². The summed E-state index contributed by atoms with van der Waals surface area (Å²) in [4.78, 5) is 30.1. The van der Waals surface area contributed by atoms with Crippen molar-refractivity contribution in [2.75, 3.05) is 37.6 Å². The number of hydrogen-bond acceptors (Lipinski definition) is 7. The Morgan fingerprint density at radius 3 is 2.73 bits per heavy atom. The normalized spacial score (nSPS) is 14.1. The van der Waals surface area contributed by atoms with Crippen LogP contribution in [0.5, 0.6) is 0 Å². The molecule has 2 aromatic rings. The summed E-state index contributed by atoms with van der Waals surface area (Å²) < 4.78 is 10.9. The number of carboxylic acid groups (broad SMARTS) is 1. The van der Waals surface area contributed by atoms with E-state index in [0.717, 1.165) is 0 Å². The number of aliphatic carboxylic acids is 1. The molecule has 0 aliphatic carbocycles. The number of oxazole rings is 1. The van der Waals surface area contributed by atoms with Gasteiger partial charge >= 0.3 is 12.0 Å². The molecule has 136 valence electrons. The average Bonchev–Trinajstić information content (AvgIpc) is 3.30. The van der Waals surface area contributed by atoms with Crippen LogP contribution in [0.25, 0.3) is 11.7 Å². The van der Waals surface area contributed by atoms with Crippen LogP contribution in [0.3, 0.4) is 0 Å². The smallest absolute Gasteiger partial charge is 0.317 e. The second kappa shape index (κ2) is 7.60. The van der Waals surface area contributed by atoms with Crippen molar-refractivity contribution in [1.82, 2.24) is 15.2 Å². The van der Waals surface area contributed by atoms with Crippen molar-refractivity contribution in [2.45, 2.75) is 6.42 Å². The van der Waals surface area contributed by atoms with Gasteiger partial charge in [-0.15, -0.1) is 0 Å². The lowest BCUT2D eigenvalue weighted by atomic mass is 10.3. The van der Waals surface area contributed by atoms with Gasteiger partial charge in [0.15, 0.2) is 5.76 Å². The van der Waals surface area contributed by atoms with E-state index in [1.54, 1.807) is 17.0 Å². The van der Waals surface area contributed by atoms with Gasteiger partial charge in [0.25, 0.3) is 5.89 Å². The number of carboxylic acids is 1. The van der Waals surface area contributed by atoms with Crippen LogP contribution in [0.1, 0.15) is 12.1 Å². The monoisotopic (exact) mass is 359 g/mol. The number of carbonyl (C=O) groups excluding carboxylic acids is 1. The first kappa shape index (κ1) is 17.3. The van der Waals surface area contributed by atoms with Crippen LogP contribution in [0.15, 0.2) is 27.2 Å². The van der Waals surface area contributed by atoms with Gasteiger partial charge in [0.2, 0.25) is 11.6 Å². The van der Waals surface area contributed by atoms with Crippen LogP contribution in [-0.4, -0.2) is 59.7 Å². The Hall–Kier alpha value is -3.48. The molecule has 1 fully saturated rings. The van der Waals surface area contributed by atoms with Crippen LogP contribution < -0.4 is 10.2 Å². The molecule has 0 unspecified atom stereocenters. The van der Waals surface area contributed by atoms with Gasteiger partial charge in [0.1, 0.15) is 6.07 Å². The Morgan fingerprint density at radius 2 is 2.12 bits per heavy atom. The minimum absolute atomic E-state index is 0.0849. The summed E-state index contributed by atoms with van der Waals surface area (Å²) in [5.41, 5.74) is 0.163. The fourth-order valence-electron chi connectivity index (χ4n) is 2.61. The molecule has 0 atom stereocenters. The summed E-state index contributed by atoms with van der Waals surface area (Å²) in [7, 11) is 0. The molecule has 1 saturated heterocycles. The molecule has 0 aromatic carbocycles. The number of furan rings is 1. The van der Waals surface area contributed by atoms with Crippen molar-refractivity contribution in [2.24, 2.45) is 0 Å². The number of nitrogens with one attached hydrogen (secondary N) is 1. The minimum atomic E-state index is -0.961. The van der Waals surface area contributed by atoms with Crippen molar-refractivity contribution in [3.05, 3.63) is 24.1 Å². The lowest BCUT2D eigenvalue weighted by molar-refractivity contribution is -0.136. The van der Waals surface area contributed by atoms with E-state index < -0.39 is 5.97 Å². The zero-order valence-corrected chi connectivity index (χ0v) is 13.8. The molecule has 3 heterocycles. The second-order valence-electron chi connectivity index (χ2n) is 5.61. The van der Waals surface area contributed by atoms with E-state index >= 15 is 0 Å². The van der Waals surface area contributed by atoms with Crippen molar-refractivity contribution < 1.29 is 23.5 Å². The molecule has 0 spiro atoms. The maximum absolute atomic E-state index is 12.0. The van der Waals surface area contributed by atoms with Crippen LogP contribution >= 0.6 is 0 Å². The number of nitriles is 1. The average molecular weight is 359 g/mol. The third kappa shape index (κ3) is 3.77. The maximum Gasteiger partial charge on any atom is 0.317 e. The molecular weight excluding hydrogens is 342 g/mol. The van der Waals surface area contributed by atoms with Gasteiger partial charge < -0.3 is 29.1 Å². The van der Waals surface area contributed by atoms with Gasteiger partial charge in [-0.3, -0.25) is 4.79 Å². The molecule has 0 saturated carbocycles. The Bertz CT molecular complexity index is 815. The van der Waals surface area contributed by atoms with E-state index in [1.165, 1.54) is 6.26 Å². The van der Waals surface area contributed by atoms with E-state index in [9.17, 15) is 14.9 Å². The van der Waals surface area contributed by atoms with Crippen molar-refractivity contribution >= 4 is 17.9 Å². The van der Waals surface area contributed by atoms with Crippen LogP contribution in [0.4, 0.5) is 10.7 Å². The molecule has 2 amide bonds. The maximum atomic E-state index is 12.0. The Balaban J connectivity index is 1.61. The zero-order chi connectivity index (χ0) is 18.5. The van der Waals surface area contributed by atoms with Gasteiger partial charge in [-0.2, -0.15) is 10.2 Å². The molecule has 3 rings (SSSR count). The standard InChI is InChI=1S/C16H17N5O5/c17-10-11-15(26-14(19-11)12-2-1-9-25-12)20-5-7-21(8-6-20)16(24)18-4-3-13(22)23/h1-2,9H,3-8H2,(H,18,24)(H,22,23). The summed E-state index contributed by atoms with van der Waals surface area (Å²) in [6.45, 7) is 1.85. The van der Waals surface area contributed by atoms with Crippen LogP contribution in [0.2, 0.25) is 0 Å². The minimum Gasteiger partial charge on any atom is -0.481 e. The highest BCUT2D eigenvalue weighted by Crippen LogP contribution is 2.28. The Morgan fingerprint density at radius 1 is 1.35 bits per heavy atom. The summed E-state index contributed by atoms with van der Waals surface area (Å²) in [6, 6.07) is 5.10. The van der Waals surface area contributed by atoms with Crippen molar-refractivity contribution in [1.29, 1.82) is 5.26 Å². The predicted molar refractivity (Wildman–Crippen MR) is 88.4 cm³/mol. The fraction of sp³-hybridized carbons (Fsp3) is 0.375. The van der Waals surface area contributed by atoms with Gasteiger partial charge in [0.05, 0.1) is 12.7 Å². The molecule has 10 heteroatoms. The first-order valence-corrected chi connectivity index (χ1v) is 8.03. The SMILES string of the molecule is N#Cc1nc(-c2ccco2)oc1N1CCN(C(=O)NCCC(=O)O)CC1. The number of amides is 2. The first-order chi connectivity index (χ1) is 12.6. The number of nitrogens with zero attached hydrogens (tertiary/aromatic N) is 4. The fourth-order valence-corrected chi connectivity index (χ4v) is 2.61. The largest absolute Gasteiger partial charge is 0.481 e. The molecule has 26 heavy (non-hydrogen) atoms. The summed E-state index contributed by atoms with van der Waals surface area (Å²) >= 11 is 0. The molecule has 1 aliphatic heterocycles. The van der Waals surface area contributed by atoms with Crippen molar-refractivity contribution in [3.63, 3.8) is 0 Å². The van der Waals surface area contributed by atoms with Crippen molar-refractivity contribution in [3.8, 4) is 17.7 Å². The zero-order valence-electron chi connectivity index (χ0n) is 13.8. The number of urea groups is 1. The van der Waals surface area contributed by atoms with Gasteiger partial charge in [-0.05, 0) is 12.1 Å². The summed E-state index contributed by atoms with van der Waals surface area (Å²) in [5.74, 6) is 0.0567. The third-order valence-corrected chi connectivity index (χ3v) is 3.92. The van der Waals surface area contributed by atoms with E-state index in [0.29, 0.717) is 37.8 Å².